The Bertz CT molecular complexity index is 602. The first-order valence-electron chi connectivity index (χ1n) is 7.65. The van der Waals surface area contributed by atoms with Gasteiger partial charge in [0.15, 0.2) is 0 Å². The van der Waals surface area contributed by atoms with Gasteiger partial charge in [-0.15, -0.1) is 0 Å². The van der Waals surface area contributed by atoms with Crippen LogP contribution in [0.4, 0.5) is 17.6 Å². The molecule has 3 nitrogen and oxygen atoms in total. The summed E-state index contributed by atoms with van der Waals surface area (Å²) in [5, 5.41) is 8.52. The lowest BCUT2D eigenvalue weighted by atomic mass is 9.79. The molecule has 130 valence electrons. The third kappa shape index (κ3) is 3.69. The van der Waals surface area contributed by atoms with Crippen molar-refractivity contribution in [1.82, 2.24) is 4.90 Å². The van der Waals surface area contributed by atoms with E-state index in [1.165, 1.54) is 36.2 Å². The minimum Gasteiger partial charge on any atom is -0.341 e. The summed E-state index contributed by atoms with van der Waals surface area (Å²) in [4.78, 5) is 13.5. The molecule has 0 spiro atoms. The third-order valence-corrected chi connectivity index (χ3v) is 4.28. The highest BCUT2D eigenvalue weighted by Crippen LogP contribution is 2.40. The molecule has 1 amide bonds. The van der Waals surface area contributed by atoms with E-state index in [2.05, 4.69) is 0 Å². The molecule has 0 heterocycles. The van der Waals surface area contributed by atoms with Crippen molar-refractivity contribution < 1.29 is 22.4 Å². The molecule has 24 heavy (non-hydrogen) atoms. The van der Waals surface area contributed by atoms with Gasteiger partial charge in [-0.2, -0.15) is 5.26 Å². The Morgan fingerprint density at radius 1 is 1.17 bits per heavy atom. The molecular formula is C17H18F4N2O. The van der Waals surface area contributed by atoms with E-state index in [4.69, 9.17) is 5.26 Å². The van der Waals surface area contributed by atoms with E-state index in [9.17, 15) is 22.4 Å². The molecule has 1 aromatic carbocycles. The predicted octanol–water partition coefficient (Wildman–Crippen LogP) is 3.51. The minimum absolute atomic E-state index is 0.122. The van der Waals surface area contributed by atoms with Crippen LogP contribution >= 0.6 is 0 Å². The number of amides is 1. The van der Waals surface area contributed by atoms with Crippen LogP contribution in [0.1, 0.15) is 34.7 Å². The van der Waals surface area contributed by atoms with Crippen molar-refractivity contribution in [2.75, 3.05) is 13.6 Å². The first-order valence-corrected chi connectivity index (χ1v) is 7.65. The van der Waals surface area contributed by atoms with Gasteiger partial charge < -0.3 is 4.90 Å². The lowest BCUT2D eigenvalue weighted by Crippen LogP contribution is -2.43. The molecule has 7 heteroatoms. The van der Waals surface area contributed by atoms with Crippen LogP contribution in [0.2, 0.25) is 0 Å². The van der Waals surface area contributed by atoms with Crippen LogP contribution in [0.3, 0.4) is 0 Å². The number of hydrogen-bond donors (Lipinski definition) is 0. The summed E-state index contributed by atoms with van der Waals surface area (Å²) in [6, 6.07) is 7.31. The number of alkyl halides is 4. The van der Waals surface area contributed by atoms with Crippen molar-refractivity contribution in [1.29, 1.82) is 5.26 Å². The Balaban J connectivity index is 2.16. The highest BCUT2D eigenvalue weighted by Gasteiger charge is 2.47. The molecule has 1 saturated carbocycles. The standard InChI is InChI=1S/C17H18F4N2O/c1-23(8-2-7-22)17(24)11-5-3-10(4-6-11)14-15(20)12(18)9-13(19)16(14)21/h3-6,12-16H,2,8-9H2,1H3/t12-,13+,14?,15-,16+. The van der Waals surface area contributed by atoms with Crippen molar-refractivity contribution in [3.8, 4) is 6.07 Å². The van der Waals surface area contributed by atoms with Crippen LogP contribution in [0.25, 0.3) is 0 Å². The first-order chi connectivity index (χ1) is 11.4. The van der Waals surface area contributed by atoms with E-state index in [1.807, 2.05) is 6.07 Å². The molecule has 0 radical (unpaired) electrons. The molecule has 1 aliphatic rings. The fourth-order valence-electron chi connectivity index (χ4n) is 2.86. The Morgan fingerprint density at radius 2 is 1.71 bits per heavy atom. The second kappa shape index (κ2) is 7.65. The van der Waals surface area contributed by atoms with Gasteiger partial charge in [0, 0.05) is 25.6 Å². The van der Waals surface area contributed by atoms with Crippen LogP contribution in [0.15, 0.2) is 24.3 Å². The summed E-state index contributed by atoms with van der Waals surface area (Å²) in [7, 11) is 1.53. The molecule has 0 saturated heterocycles. The largest absolute Gasteiger partial charge is 0.341 e. The van der Waals surface area contributed by atoms with Gasteiger partial charge in [-0.1, -0.05) is 12.1 Å². The van der Waals surface area contributed by atoms with Gasteiger partial charge in [0.1, 0.15) is 24.7 Å². The third-order valence-electron chi connectivity index (χ3n) is 4.28. The lowest BCUT2D eigenvalue weighted by molar-refractivity contribution is -0.00571. The Labute approximate surface area is 137 Å². The fraction of sp³-hybridized carbons (Fsp3) is 0.529. The van der Waals surface area contributed by atoms with Crippen molar-refractivity contribution in [3.05, 3.63) is 35.4 Å². The Kier molecular flexibility index (Phi) is 5.81. The summed E-state index contributed by atoms with van der Waals surface area (Å²) in [5.41, 5.74) is 0.394. The molecule has 2 rings (SSSR count). The number of rotatable bonds is 4. The van der Waals surface area contributed by atoms with Crippen LogP contribution in [-0.2, 0) is 0 Å². The fourth-order valence-corrected chi connectivity index (χ4v) is 2.86. The van der Waals surface area contributed by atoms with E-state index in [0.29, 0.717) is 0 Å². The normalized spacial score (nSPS) is 29.8. The summed E-state index contributed by atoms with van der Waals surface area (Å²) in [6.45, 7) is 0.256. The second-order valence-electron chi connectivity index (χ2n) is 5.94. The first kappa shape index (κ1) is 18.2. The van der Waals surface area contributed by atoms with E-state index in [0.717, 1.165) is 0 Å². The maximum atomic E-state index is 14.0. The average Bonchev–Trinajstić information content (AvgIpc) is 2.58. The molecule has 1 fully saturated rings. The van der Waals surface area contributed by atoms with Gasteiger partial charge in [0.25, 0.3) is 5.91 Å². The van der Waals surface area contributed by atoms with Crippen LogP contribution in [-0.4, -0.2) is 49.1 Å². The summed E-state index contributed by atoms with van der Waals surface area (Å²) in [5.74, 6) is -1.87. The maximum absolute atomic E-state index is 14.0. The predicted molar refractivity (Wildman–Crippen MR) is 80.6 cm³/mol. The summed E-state index contributed by atoms with van der Waals surface area (Å²) < 4.78 is 55.0. The summed E-state index contributed by atoms with van der Waals surface area (Å²) in [6.07, 6.45) is -8.92. The maximum Gasteiger partial charge on any atom is 0.253 e. The molecule has 1 unspecified atom stereocenters. The molecule has 0 bridgehead atoms. The summed E-state index contributed by atoms with van der Waals surface area (Å²) >= 11 is 0. The highest BCUT2D eigenvalue weighted by atomic mass is 19.2. The molecule has 0 aliphatic heterocycles. The molecule has 5 atom stereocenters. The number of halogens is 4. The van der Waals surface area contributed by atoms with Crippen LogP contribution in [0, 0.1) is 11.3 Å². The van der Waals surface area contributed by atoms with Crippen molar-refractivity contribution in [2.24, 2.45) is 0 Å². The van der Waals surface area contributed by atoms with E-state index in [-0.39, 0.29) is 30.0 Å². The molecule has 0 N–H and O–H groups in total. The quantitative estimate of drug-likeness (QED) is 0.786. The van der Waals surface area contributed by atoms with E-state index < -0.39 is 37.0 Å². The lowest BCUT2D eigenvalue weighted by Gasteiger charge is -2.34. The van der Waals surface area contributed by atoms with E-state index in [1.54, 1.807) is 0 Å². The molecule has 1 aromatic rings. The highest BCUT2D eigenvalue weighted by molar-refractivity contribution is 5.94. The SMILES string of the molecule is CN(CCC#N)C(=O)c1ccc(C2[C@@H](F)[C@@H](F)C[C@@H](F)[C@H]2F)cc1. The minimum atomic E-state index is -2.12. The Hall–Kier alpha value is -2.10. The number of carbonyl (C=O) groups excluding carboxylic acids is 1. The molecular weight excluding hydrogens is 324 g/mol. The van der Waals surface area contributed by atoms with Crippen molar-refractivity contribution in [3.63, 3.8) is 0 Å². The van der Waals surface area contributed by atoms with Gasteiger partial charge in [0.2, 0.25) is 0 Å². The van der Waals surface area contributed by atoms with Crippen molar-refractivity contribution in [2.45, 2.75) is 43.4 Å². The number of benzene rings is 1. The van der Waals surface area contributed by atoms with E-state index >= 15 is 0 Å². The van der Waals surface area contributed by atoms with Gasteiger partial charge in [-0.05, 0) is 17.7 Å². The molecule has 1 aliphatic carbocycles. The smallest absolute Gasteiger partial charge is 0.253 e. The van der Waals surface area contributed by atoms with Crippen LogP contribution in [0.5, 0.6) is 0 Å². The number of carbonyl (C=O) groups is 1. The zero-order chi connectivity index (χ0) is 17.9. The zero-order valence-electron chi connectivity index (χ0n) is 13.1. The average molecular weight is 342 g/mol. The van der Waals surface area contributed by atoms with Gasteiger partial charge in [-0.3, -0.25) is 4.79 Å². The zero-order valence-corrected chi connectivity index (χ0v) is 13.1. The number of hydrogen-bond acceptors (Lipinski definition) is 2. The van der Waals surface area contributed by atoms with Gasteiger partial charge in [0.05, 0.1) is 18.4 Å². The second-order valence-corrected chi connectivity index (χ2v) is 5.94. The number of nitrogens with zero attached hydrogens (tertiary/aromatic N) is 2. The molecule has 0 aromatic heterocycles. The number of nitriles is 1. The Morgan fingerprint density at radius 3 is 2.21 bits per heavy atom. The topological polar surface area (TPSA) is 44.1 Å². The van der Waals surface area contributed by atoms with Crippen LogP contribution < -0.4 is 0 Å². The van der Waals surface area contributed by atoms with Crippen molar-refractivity contribution >= 4 is 5.91 Å². The van der Waals surface area contributed by atoms with Gasteiger partial charge >= 0.3 is 0 Å². The van der Waals surface area contributed by atoms with Gasteiger partial charge in [-0.25, -0.2) is 17.6 Å². The monoisotopic (exact) mass is 342 g/mol.